The molecular weight excluding hydrogens is 513 g/mol. The van der Waals surface area contributed by atoms with Crippen LogP contribution in [-0.4, -0.2) is 89.2 Å². The number of aromatic nitrogens is 1. The first-order chi connectivity index (χ1) is 19.0. The molecule has 2 saturated heterocycles. The Morgan fingerprint density at radius 2 is 1.62 bits per heavy atom. The van der Waals surface area contributed by atoms with Crippen molar-refractivity contribution in [3.05, 3.63) is 65.1 Å². The molecule has 0 aliphatic carbocycles. The number of benzene rings is 2. The fourth-order valence-corrected chi connectivity index (χ4v) is 6.37. The predicted octanol–water partition coefficient (Wildman–Crippen LogP) is 6.42. The van der Waals surface area contributed by atoms with Gasteiger partial charge in [0.15, 0.2) is 0 Å². The van der Waals surface area contributed by atoms with E-state index in [-0.39, 0.29) is 11.8 Å². The number of amides is 2. The first kappa shape index (κ1) is 27.9. The molecule has 6 nitrogen and oxygen atoms in total. The lowest BCUT2D eigenvalue weighted by molar-refractivity contribution is 0.142. The van der Waals surface area contributed by atoms with Gasteiger partial charge in [0.2, 0.25) is 0 Å². The van der Waals surface area contributed by atoms with Gasteiger partial charge < -0.3 is 19.3 Å². The van der Waals surface area contributed by atoms with E-state index in [0.29, 0.717) is 5.92 Å². The summed E-state index contributed by atoms with van der Waals surface area (Å²) in [5, 5.41) is 1.91. The van der Waals surface area contributed by atoms with Gasteiger partial charge in [-0.2, -0.15) is 0 Å². The fraction of sp³-hybridized carbons (Fsp3) is 0.516. The second-order valence-electron chi connectivity index (χ2n) is 11.0. The molecule has 2 aliphatic heterocycles. The topological polar surface area (TPSA) is 35.0 Å². The van der Waals surface area contributed by atoms with Crippen LogP contribution in [0.25, 0.3) is 16.6 Å². The summed E-state index contributed by atoms with van der Waals surface area (Å²) < 4.78 is 15.7. The molecule has 5 rings (SSSR count). The molecule has 3 aromatic rings. The van der Waals surface area contributed by atoms with E-state index in [1.54, 1.807) is 0 Å². The fourth-order valence-electron chi connectivity index (χ4n) is 6.20. The predicted molar refractivity (Wildman–Crippen MR) is 157 cm³/mol. The second-order valence-corrected chi connectivity index (χ2v) is 11.4. The number of urea groups is 1. The maximum Gasteiger partial charge on any atom is 0.321 e. The Balaban J connectivity index is 1.18. The third-order valence-electron chi connectivity index (χ3n) is 8.25. The number of rotatable bonds is 11. The molecule has 0 bridgehead atoms. The summed E-state index contributed by atoms with van der Waals surface area (Å²) in [4.78, 5) is 22.0. The Hall–Kier alpha value is -2.61. The van der Waals surface area contributed by atoms with Crippen molar-refractivity contribution < 1.29 is 9.18 Å². The van der Waals surface area contributed by atoms with Crippen molar-refractivity contribution in [1.82, 2.24) is 24.2 Å². The van der Waals surface area contributed by atoms with E-state index >= 15 is 0 Å². The van der Waals surface area contributed by atoms with Crippen molar-refractivity contribution in [2.75, 3.05) is 59.0 Å². The smallest absolute Gasteiger partial charge is 0.321 e. The average Bonchev–Trinajstić information content (AvgIpc) is 3.48. The summed E-state index contributed by atoms with van der Waals surface area (Å²) >= 11 is 6.41. The minimum atomic E-state index is -0.232. The number of carbonyl (C=O) groups is 1. The molecule has 0 spiro atoms. The van der Waals surface area contributed by atoms with Crippen molar-refractivity contribution >= 4 is 28.5 Å². The Bertz CT molecular complexity index is 1250. The van der Waals surface area contributed by atoms with Gasteiger partial charge in [0.25, 0.3) is 0 Å². The van der Waals surface area contributed by atoms with Crippen molar-refractivity contribution in [2.24, 2.45) is 0 Å². The minimum Gasteiger partial charge on any atom is -0.322 e. The summed E-state index contributed by atoms with van der Waals surface area (Å²) in [6, 6.07) is 12.9. The van der Waals surface area contributed by atoms with Crippen LogP contribution in [0.3, 0.4) is 0 Å². The van der Waals surface area contributed by atoms with E-state index in [4.69, 9.17) is 11.6 Å². The normalized spacial score (nSPS) is 17.3. The van der Waals surface area contributed by atoms with Crippen molar-refractivity contribution in [3.63, 3.8) is 0 Å². The highest BCUT2D eigenvalue weighted by Gasteiger charge is 2.30. The number of hydrogen-bond acceptors (Lipinski definition) is 3. The number of hydrogen-bond donors (Lipinski definition) is 0. The standard InChI is InChI=1S/C31H41ClFN5O/c1-3-13-35(14-4-2)23-37-20-19-36(31(37)39)18-17-34-15-11-24(12-16-34)29-22-38(27-8-6-26(33)7-9-27)30-10-5-25(32)21-28(29)30/h5-10,21-22,24H,3-4,11-20,23H2,1-2H3. The summed E-state index contributed by atoms with van der Waals surface area (Å²) in [5.41, 5.74) is 3.35. The van der Waals surface area contributed by atoms with Crippen molar-refractivity contribution in [1.29, 1.82) is 0 Å². The lowest BCUT2D eigenvalue weighted by Crippen LogP contribution is -2.43. The number of likely N-dealkylation sites (tertiary alicyclic amines) is 1. The third-order valence-corrected chi connectivity index (χ3v) is 8.48. The van der Waals surface area contributed by atoms with E-state index in [1.807, 2.05) is 28.0 Å². The zero-order chi connectivity index (χ0) is 27.4. The summed E-state index contributed by atoms with van der Waals surface area (Å²) in [6.45, 7) is 12.6. The highest BCUT2D eigenvalue weighted by Crippen LogP contribution is 2.37. The van der Waals surface area contributed by atoms with Gasteiger partial charge in [0.05, 0.1) is 12.2 Å². The molecule has 0 radical (unpaired) electrons. The summed E-state index contributed by atoms with van der Waals surface area (Å²) in [7, 11) is 0. The third kappa shape index (κ3) is 6.42. The van der Waals surface area contributed by atoms with Crippen molar-refractivity contribution in [3.8, 4) is 5.69 Å². The van der Waals surface area contributed by atoms with Gasteiger partial charge in [-0.1, -0.05) is 25.4 Å². The largest absolute Gasteiger partial charge is 0.322 e. The number of nitrogens with zero attached hydrogens (tertiary/aromatic N) is 5. The van der Waals surface area contributed by atoms with Crippen LogP contribution in [0.4, 0.5) is 9.18 Å². The number of piperidine rings is 1. The van der Waals surface area contributed by atoms with Crippen LogP contribution < -0.4 is 0 Å². The van der Waals surface area contributed by atoms with E-state index in [9.17, 15) is 9.18 Å². The number of carbonyl (C=O) groups excluding carboxylic acids is 1. The SMILES string of the molecule is CCCN(CCC)CN1CCN(CCN2CCC(c3cn(-c4ccc(F)cc4)c4ccc(Cl)cc34)CC2)C1=O. The van der Waals surface area contributed by atoms with Crippen LogP contribution in [-0.2, 0) is 0 Å². The molecule has 0 unspecified atom stereocenters. The molecule has 0 saturated carbocycles. The maximum absolute atomic E-state index is 13.6. The molecular formula is C31H41ClFN5O. The molecule has 1 aromatic heterocycles. The van der Waals surface area contributed by atoms with E-state index in [2.05, 4.69) is 46.5 Å². The molecule has 2 amide bonds. The first-order valence-corrected chi connectivity index (χ1v) is 14.9. The van der Waals surface area contributed by atoms with E-state index in [0.717, 1.165) is 101 Å². The van der Waals surface area contributed by atoms with Gasteiger partial charge in [0, 0.05) is 48.5 Å². The monoisotopic (exact) mass is 553 g/mol. The molecule has 2 aliphatic rings. The lowest BCUT2D eigenvalue weighted by Gasteiger charge is -2.33. The number of fused-ring (bicyclic) bond motifs is 1. The van der Waals surface area contributed by atoms with Crippen LogP contribution in [0.5, 0.6) is 0 Å². The Morgan fingerprint density at radius 1 is 0.923 bits per heavy atom. The summed E-state index contributed by atoms with van der Waals surface area (Å²) in [6.07, 6.45) is 6.58. The van der Waals surface area contributed by atoms with Crippen LogP contribution in [0, 0.1) is 5.82 Å². The van der Waals surface area contributed by atoms with Gasteiger partial charge in [-0.3, -0.25) is 4.90 Å². The minimum absolute atomic E-state index is 0.188. The van der Waals surface area contributed by atoms with Gasteiger partial charge in [-0.15, -0.1) is 0 Å². The van der Waals surface area contributed by atoms with Gasteiger partial charge >= 0.3 is 6.03 Å². The molecule has 0 N–H and O–H groups in total. The molecule has 0 atom stereocenters. The van der Waals surface area contributed by atoms with E-state index in [1.165, 1.54) is 23.1 Å². The van der Waals surface area contributed by atoms with Gasteiger partial charge in [-0.05, 0) is 106 Å². The van der Waals surface area contributed by atoms with E-state index < -0.39 is 0 Å². The highest BCUT2D eigenvalue weighted by atomic mass is 35.5. The Labute approximate surface area is 236 Å². The first-order valence-electron chi connectivity index (χ1n) is 14.5. The maximum atomic E-state index is 13.6. The molecule has 2 fully saturated rings. The average molecular weight is 554 g/mol. The van der Waals surface area contributed by atoms with Crippen LogP contribution in [0.2, 0.25) is 5.02 Å². The van der Waals surface area contributed by atoms with Crippen LogP contribution in [0.1, 0.15) is 51.0 Å². The molecule has 210 valence electrons. The van der Waals surface area contributed by atoms with Crippen LogP contribution >= 0.6 is 11.6 Å². The Kier molecular flexibility index (Phi) is 9.10. The van der Waals surface area contributed by atoms with Gasteiger partial charge in [-0.25, -0.2) is 9.18 Å². The van der Waals surface area contributed by atoms with Crippen molar-refractivity contribution in [2.45, 2.75) is 45.4 Å². The quantitative estimate of drug-likeness (QED) is 0.275. The Morgan fingerprint density at radius 3 is 2.31 bits per heavy atom. The lowest BCUT2D eigenvalue weighted by atomic mass is 9.89. The molecule has 3 heterocycles. The zero-order valence-electron chi connectivity index (χ0n) is 23.3. The van der Waals surface area contributed by atoms with Gasteiger partial charge in [0.1, 0.15) is 5.82 Å². The zero-order valence-corrected chi connectivity index (χ0v) is 24.0. The molecule has 8 heteroatoms. The second kappa shape index (κ2) is 12.7. The highest BCUT2D eigenvalue weighted by molar-refractivity contribution is 6.31. The number of halogens is 2. The summed E-state index contributed by atoms with van der Waals surface area (Å²) in [5.74, 6) is 0.208. The van der Waals surface area contributed by atoms with Crippen LogP contribution in [0.15, 0.2) is 48.7 Å². The molecule has 2 aromatic carbocycles. The molecule has 39 heavy (non-hydrogen) atoms.